The van der Waals surface area contributed by atoms with E-state index in [2.05, 4.69) is 15.3 Å². The van der Waals surface area contributed by atoms with Crippen LogP contribution in [-0.4, -0.2) is 34.0 Å². The minimum absolute atomic E-state index is 0.0175. The van der Waals surface area contributed by atoms with Crippen LogP contribution >= 0.6 is 0 Å². The second kappa shape index (κ2) is 4.33. The van der Waals surface area contributed by atoms with Crippen molar-refractivity contribution in [2.75, 3.05) is 7.05 Å². The van der Waals surface area contributed by atoms with Crippen molar-refractivity contribution in [3.05, 3.63) is 18.2 Å². The van der Waals surface area contributed by atoms with E-state index in [9.17, 15) is 4.79 Å². The smallest absolute Gasteiger partial charge is 0.317 e. The van der Waals surface area contributed by atoms with Gasteiger partial charge in [0.2, 0.25) is 0 Å². The summed E-state index contributed by atoms with van der Waals surface area (Å²) >= 11 is 0. The molecular weight excluding hydrogens is 192 g/mol. The van der Waals surface area contributed by atoms with Crippen molar-refractivity contribution in [3.63, 3.8) is 0 Å². The van der Waals surface area contributed by atoms with E-state index in [1.54, 1.807) is 24.3 Å². The van der Waals surface area contributed by atoms with Crippen molar-refractivity contribution in [2.24, 2.45) is 0 Å². The lowest BCUT2D eigenvalue weighted by atomic mass is 9.93. The van der Waals surface area contributed by atoms with Gasteiger partial charge in [0.15, 0.2) is 0 Å². The quantitative estimate of drug-likeness (QED) is 0.781. The van der Waals surface area contributed by atoms with Crippen molar-refractivity contribution in [3.8, 4) is 0 Å². The molecule has 2 rings (SSSR count). The van der Waals surface area contributed by atoms with Crippen LogP contribution in [-0.2, 0) is 6.54 Å². The Hall–Kier alpha value is -1.52. The Balaban J connectivity index is 1.79. The van der Waals surface area contributed by atoms with Gasteiger partial charge in [0.05, 0.1) is 6.54 Å². The maximum atomic E-state index is 11.6. The molecule has 0 aliphatic heterocycles. The van der Waals surface area contributed by atoms with Gasteiger partial charge in [-0.3, -0.25) is 0 Å². The summed E-state index contributed by atoms with van der Waals surface area (Å²) in [4.78, 5) is 20.3. The summed E-state index contributed by atoms with van der Waals surface area (Å²) < 4.78 is 0. The average molecular weight is 208 g/mol. The molecule has 1 heterocycles. The van der Waals surface area contributed by atoms with Gasteiger partial charge in [-0.15, -0.1) is 0 Å². The van der Waals surface area contributed by atoms with Crippen LogP contribution < -0.4 is 5.32 Å². The zero-order valence-electron chi connectivity index (χ0n) is 8.86. The first kappa shape index (κ1) is 10.0. The largest absolute Gasteiger partial charge is 0.347 e. The molecule has 0 bridgehead atoms. The van der Waals surface area contributed by atoms with E-state index in [-0.39, 0.29) is 6.03 Å². The van der Waals surface area contributed by atoms with Gasteiger partial charge < -0.3 is 15.2 Å². The topological polar surface area (TPSA) is 61.0 Å². The Labute approximate surface area is 88.9 Å². The maximum Gasteiger partial charge on any atom is 0.317 e. The molecule has 1 saturated carbocycles. The number of urea groups is 1. The number of imidazole rings is 1. The normalized spacial score (nSPS) is 15.8. The van der Waals surface area contributed by atoms with Crippen LogP contribution in [0.25, 0.3) is 0 Å². The zero-order valence-corrected chi connectivity index (χ0v) is 8.86. The lowest BCUT2D eigenvalue weighted by molar-refractivity contribution is 0.194. The molecule has 2 amide bonds. The molecule has 2 N–H and O–H groups in total. The molecule has 0 aromatic carbocycles. The fourth-order valence-corrected chi connectivity index (χ4v) is 1.52. The predicted molar refractivity (Wildman–Crippen MR) is 56.2 cm³/mol. The predicted octanol–water partition coefficient (Wildman–Crippen LogP) is 1.10. The Morgan fingerprint density at radius 3 is 3.07 bits per heavy atom. The Kier molecular flexibility index (Phi) is 2.89. The molecule has 1 aromatic rings. The van der Waals surface area contributed by atoms with Gasteiger partial charge in [0.1, 0.15) is 5.82 Å². The van der Waals surface area contributed by atoms with E-state index in [1.807, 2.05) is 0 Å². The minimum atomic E-state index is -0.0175. The lowest BCUT2D eigenvalue weighted by Crippen LogP contribution is -2.45. The molecule has 1 aliphatic rings. The molecule has 15 heavy (non-hydrogen) atoms. The highest BCUT2D eigenvalue weighted by Crippen LogP contribution is 2.18. The molecule has 0 spiro atoms. The number of aromatic amines is 1. The minimum Gasteiger partial charge on any atom is -0.347 e. The van der Waals surface area contributed by atoms with Gasteiger partial charge >= 0.3 is 6.03 Å². The third-order valence-corrected chi connectivity index (χ3v) is 2.72. The summed E-state index contributed by atoms with van der Waals surface area (Å²) in [6.07, 6.45) is 6.90. The third-order valence-electron chi connectivity index (χ3n) is 2.72. The van der Waals surface area contributed by atoms with Crippen LogP contribution in [0, 0.1) is 0 Å². The van der Waals surface area contributed by atoms with Crippen molar-refractivity contribution in [1.82, 2.24) is 20.2 Å². The number of amides is 2. The first-order valence-corrected chi connectivity index (χ1v) is 5.25. The van der Waals surface area contributed by atoms with E-state index in [1.165, 1.54) is 6.42 Å². The summed E-state index contributed by atoms with van der Waals surface area (Å²) in [7, 11) is 1.77. The summed E-state index contributed by atoms with van der Waals surface area (Å²) in [5.74, 6) is 0.807. The molecule has 0 atom stereocenters. The van der Waals surface area contributed by atoms with Crippen molar-refractivity contribution in [2.45, 2.75) is 31.8 Å². The zero-order chi connectivity index (χ0) is 10.7. The van der Waals surface area contributed by atoms with Gasteiger partial charge in [0.25, 0.3) is 0 Å². The van der Waals surface area contributed by atoms with Gasteiger partial charge in [-0.1, -0.05) is 0 Å². The monoisotopic (exact) mass is 208 g/mol. The van der Waals surface area contributed by atoms with Gasteiger partial charge in [-0.05, 0) is 19.3 Å². The fourth-order valence-electron chi connectivity index (χ4n) is 1.52. The number of carbonyl (C=O) groups is 1. The Bertz CT molecular complexity index is 318. The Morgan fingerprint density at radius 1 is 1.73 bits per heavy atom. The van der Waals surface area contributed by atoms with Crippen LogP contribution in [0.4, 0.5) is 4.79 Å². The van der Waals surface area contributed by atoms with E-state index in [0.29, 0.717) is 12.6 Å². The molecule has 1 aliphatic carbocycles. The second-order valence-corrected chi connectivity index (χ2v) is 3.97. The molecule has 1 aromatic heterocycles. The molecule has 1 fully saturated rings. The number of rotatable bonds is 3. The Morgan fingerprint density at radius 2 is 2.53 bits per heavy atom. The van der Waals surface area contributed by atoms with Crippen molar-refractivity contribution < 1.29 is 4.79 Å². The number of carbonyl (C=O) groups excluding carboxylic acids is 1. The summed E-state index contributed by atoms with van der Waals surface area (Å²) in [5, 5.41) is 2.97. The van der Waals surface area contributed by atoms with E-state index in [4.69, 9.17) is 0 Å². The number of hydrogen-bond acceptors (Lipinski definition) is 2. The standard InChI is InChI=1S/C10H16N4O/c1-14(7-9-11-5-6-12-9)10(15)13-8-3-2-4-8/h5-6,8H,2-4,7H2,1H3,(H,11,12)(H,13,15). The van der Waals surface area contributed by atoms with Crippen LogP contribution in [0.5, 0.6) is 0 Å². The number of nitrogens with zero attached hydrogens (tertiary/aromatic N) is 2. The van der Waals surface area contributed by atoms with Crippen LogP contribution in [0.15, 0.2) is 12.4 Å². The van der Waals surface area contributed by atoms with Crippen LogP contribution in [0.3, 0.4) is 0 Å². The molecule has 82 valence electrons. The highest BCUT2D eigenvalue weighted by atomic mass is 16.2. The molecule has 5 nitrogen and oxygen atoms in total. The number of nitrogens with one attached hydrogen (secondary N) is 2. The van der Waals surface area contributed by atoms with Gasteiger partial charge in [0, 0.05) is 25.5 Å². The molecule has 0 unspecified atom stereocenters. The summed E-state index contributed by atoms with van der Waals surface area (Å²) in [6.45, 7) is 0.519. The first-order valence-electron chi connectivity index (χ1n) is 5.25. The molecule has 0 saturated heterocycles. The van der Waals surface area contributed by atoms with E-state index >= 15 is 0 Å². The van der Waals surface area contributed by atoms with Gasteiger partial charge in [-0.25, -0.2) is 9.78 Å². The highest BCUT2D eigenvalue weighted by molar-refractivity contribution is 5.74. The van der Waals surface area contributed by atoms with Crippen molar-refractivity contribution in [1.29, 1.82) is 0 Å². The first-order chi connectivity index (χ1) is 7.25. The number of aromatic nitrogens is 2. The highest BCUT2D eigenvalue weighted by Gasteiger charge is 2.21. The average Bonchev–Trinajstić information content (AvgIpc) is 2.63. The van der Waals surface area contributed by atoms with Gasteiger partial charge in [-0.2, -0.15) is 0 Å². The summed E-state index contributed by atoms with van der Waals surface area (Å²) in [6, 6.07) is 0.368. The molecule has 0 radical (unpaired) electrons. The van der Waals surface area contributed by atoms with E-state index < -0.39 is 0 Å². The third kappa shape index (κ3) is 2.49. The van der Waals surface area contributed by atoms with Crippen molar-refractivity contribution >= 4 is 6.03 Å². The van der Waals surface area contributed by atoms with E-state index in [0.717, 1.165) is 18.7 Å². The fraction of sp³-hybridized carbons (Fsp3) is 0.600. The second-order valence-electron chi connectivity index (χ2n) is 3.97. The van der Waals surface area contributed by atoms with Crippen LogP contribution in [0.2, 0.25) is 0 Å². The lowest BCUT2D eigenvalue weighted by Gasteiger charge is -2.28. The number of hydrogen-bond donors (Lipinski definition) is 2. The number of H-pyrrole nitrogens is 1. The SMILES string of the molecule is CN(Cc1ncc[nH]1)C(=O)NC1CCC1. The van der Waals surface area contributed by atoms with Crippen LogP contribution in [0.1, 0.15) is 25.1 Å². The maximum absolute atomic E-state index is 11.6. The molecule has 5 heteroatoms. The summed E-state index contributed by atoms with van der Waals surface area (Å²) in [5.41, 5.74) is 0. The molecular formula is C10H16N4O.